The number of benzene rings is 1. The van der Waals surface area contributed by atoms with Gasteiger partial charge in [-0.15, -0.1) is 0 Å². The zero-order valence-electron chi connectivity index (χ0n) is 9.33. The van der Waals surface area contributed by atoms with Crippen LogP contribution in [0.15, 0.2) is 18.2 Å². The molecule has 0 aliphatic carbocycles. The van der Waals surface area contributed by atoms with E-state index in [0.29, 0.717) is 13.1 Å². The maximum Gasteiger partial charge on any atom is 0.293 e. The Morgan fingerprint density at radius 3 is 2.14 bits per heavy atom. The van der Waals surface area contributed by atoms with Gasteiger partial charge in [0.1, 0.15) is 0 Å². The van der Waals surface area contributed by atoms with Crippen molar-refractivity contribution in [2.75, 3.05) is 6.61 Å². The fourth-order valence-corrected chi connectivity index (χ4v) is 0.959. The van der Waals surface area contributed by atoms with E-state index in [1.807, 2.05) is 0 Å². The molecule has 1 aromatic carbocycles. The van der Waals surface area contributed by atoms with Crippen molar-refractivity contribution in [3.8, 4) is 0 Å². The summed E-state index contributed by atoms with van der Waals surface area (Å²) in [5.41, 5.74) is 4.11. The Balaban J connectivity index is 0.000000292. The molecule has 0 bridgehead atoms. The van der Waals surface area contributed by atoms with Crippen molar-refractivity contribution in [1.29, 1.82) is 0 Å². The molecule has 1 rings (SSSR count). The summed E-state index contributed by atoms with van der Waals surface area (Å²) in [7, 11) is 0. The lowest BCUT2D eigenvalue weighted by Crippen LogP contribution is -1.80. The van der Waals surface area contributed by atoms with Crippen molar-refractivity contribution in [1.82, 2.24) is 0 Å². The molecule has 2 heteroatoms. The lowest BCUT2D eigenvalue weighted by molar-refractivity contribution is -0.128. The molecule has 0 radical (unpaired) electrons. The zero-order chi connectivity index (χ0) is 11.0. The molecule has 0 fully saturated rings. The minimum atomic E-state index is 0.431. The summed E-state index contributed by atoms with van der Waals surface area (Å²) in [4.78, 5) is 9.18. The van der Waals surface area contributed by atoms with Crippen molar-refractivity contribution >= 4 is 6.47 Å². The van der Waals surface area contributed by atoms with E-state index in [2.05, 4.69) is 43.7 Å². The molecule has 0 saturated carbocycles. The molecule has 0 heterocycles. The molecule has 0 unspecified atom stereocenters. The van der Waals surface area contributed by atoms with Gasteiger partial charge in [-0.2, -0.15) is 0 Å². The first kappa shape index (κ1) is 12.7. The Bertz CT molecular complexity index is 280. The SMILES string of the molecule is CCOC=O.Cc1ccc(C)c(C)c1. The van der Waals surface area contributed by atoms with E-state index in [1.165, 1.54) is 16.7 Å². The van der Waals surface area contributed by atoms with Crippen LogP contribution in [0.5, 0.6) is 0 Å². The summed E-state index contributed by atoms with van der Waals surface area (Å²) < 4.78 is 4.15. The largest absolute Gasteiger partial charge is 0.468 e. The van der Waals surface area contributed by atoms with E-state index in [9.17, 15) is 4.79 Å². The van der Waals surface area contributed by atoms with E-state index < -0.39 is 0 Å². The van der Waals surface area contributed by atoms with Crippen molar-refractivity contribution in [3.63, 3.8) is 0 Å². The molecule has 0 aliphatic rings. The highest BCUT2D eigenvalue weighted by Crippen LogP contribution is 2.07. The van der Waals surface area contributed by atoms with Gasteiger partial charge in [0.25, 0.3) is 6.47 Å². The van der Waals surface area contributed by atoms with Crippen LogP contribution in [-0.4, -0.2) is 13.1 Å². The minimum absolute atomic E-state index is 0.431. The predicted molar refractivity (Wildman–Crippen MR) is 58.3 cm³/mol. The number of hydrogen-bond donors (Lipinski definition) is 0. The first-order valence-corrected chi connectivity index (χ1v) is 4.71. The Morgan fingerprint density at radius 2 is 1.86 bits per heavy atom. The van der Waals surface area contributed by atoms with E-state index in [-0.39, 0.29) is 0 Å². The minimum Gasteiger partial charge on any atom is -0.468 e. The highest BCUT2D eigenvalue weighted by molar-refractivity contribution is 5.36. The Hall–Kier alpha value is -1.31. The summed E-state index contributed by atoms with van der Waals surface area (Å²) in [5, 5.41) is 0. The second-order valence-corrected chi connectivity index (χ2v) is 3.14. The van der Waals surface area contributed by atoms with Crippen LogP contribution in [0.2, 0.25) is 0 Å². The van der Waals surface area contributed by atoms with Gasteiger partial charge >= 0.3 is 0 Å². The van der Waals surface area contributed by atoms with Gasteiger partial charge in [0.15, 0.2) is 0 Å². The van der Waals surface area contributed by atoms with Gasteiger partial charge in [0, 0.05) is 0 Å². The number of carbonyl (C=O) groups excluding carboxylic acids is 1. The van der Waals surface area contributed by atoms with E-state index >= 15 is 0 Å². The van der Waals surface area contributed by atoms with Crippen LogP contribution >= 0.6 is 0 Å². The average molecular weight is 194 g/mol. The highest BCUT2D eigenvalue weighted by atomic mass is 16.5. The maximum atomic E-state index is 9.18. The number of ether oxygens (including phenoxy) is 1. The van der Waals surface area contributed by atoms with Gasteiger partial charge in [0.2, 0.25) is 0 Å². The number of carbonyl (C=O) groups is 1. The lowest BCUT2D eigenvalue weighted by atomic mass is 10.1. The van der Waals surface area contributed by atoms with Crippen molar-refractivity contribution in [2.45, 2.75) is 27.7 Å². The van der Waals surface area contributed by atoms with E-state index in [0.717, 1.165) is 0 Å². The number of rotatable bonds is 2. The third-order valence-corrected chi connectivity index (χ3v) is 1.90. The molecule has 1 aromatic rings. The van der Waals surface area contributed by atoms with Crippen molar-refractivity contribution in [2.24, 2.45) is 0 Å². The fraction of sp³-hybridized carbons (Fsp3) is 0.417. The average Bonchev–Trinajstić information content (AvgIpc) is 2.14. The molecule has 0 N–H and O–H groups in total. The van der Waals surface area contributed by atoms with E-state index in [4.69, 9.17) is 0 Å². The van der Waals surface area contributed by atoms with Crippen LogP contribution < -0.4 is 0 Å². The molecule has 0 amide bonds. The summed E-state index contributed by atoms with van der Waals surface area (Å²) >= 11 is 0. The Kier molecular flexibility index (Phi) is 6.46. The second-order valence-electron chi connectivity index (χ2n) is 3.14. The summed E-state index contributed by atoms with van der Waals surface area (Å²) in [6.07, 6.45) is 0. The molecule has 2 nitrogen and oxygen atoms in total. The molecule has 78 valence electrons. The third kappa shape index (κ3) is 5.36. The first-order chi connectivity index (χ1) is 6.61. The summed E-state index contributed by atoms with van der Waals surface area (Å²) in [5.74, 6) is 0. The van der Waals surface area contributed by atoms with Crippen LogP contribution in [0.4, 0.5) is 0 Å². The molecule has 14 heavy (non-hydrogen) atoms. The zero-order valence-corrected chi connectivity index (χ0v) is 9.33. The van der Waals surface area contributed by atoms with Gasteiger partial charge in [0.05, 0.1) is 6.61 Å². The van der Waals surface area contributed by atoms with Gasteiger partial charge in [-0.25, -0.2) is 0 Å². The normalized spacial score (nSPS) is 8.57. The highest BCUT2D eigenvalue weighted by Gasteiger charge is 1.89. The first-order valence-electron chi connectivity index (χ1n) is 4.71. The Labute approximate surface area is 85.9 Å². The van der Waals surface area contributed by atoms with Gasteiger partial charge < -0.3 is 4.74 Å². The van der Waals surface area contributed by atoms with Crippen molar-refractivity contribution in [3.05, 3.63) is 34.9 Å². The van der Waals surface area contributed by atoms with Crippen LogP contribution in [0.1, 0.15) is 23.6 Å². The molecular weight excluding hydrogens is 176 g/mol. The van der Waals surface area contributed by atoms with Crippen LogP contribution in [0, 0.1) is 20.8 Å². The molecule has 0 atom stereocenters. The van der Waals surface area contributed by atoms with Gasteiger partial charge in [-0.1, -0.05) is 23.8 Å². The number of hydrogen-bond acceptors (Lipinski definition) is 2. The quantitative estimate of drug-likeness (QED) is 0.677. The molecule has 0 aliphatic heterocycles. The molecule has 0 spiro atoms. The van der Waals surface area contributed by atoms with Crippen molar-refractivity contribution < 1.29 is 9.53 Å². The molecule has 0 aromatic heterocycles. The summed E-state index contributed by atoms with van der Waals surface area (Å²) in [6.45, 7) is 9.06. The topological polar surface area (TPSA) is 26.3 Å². The third-order valence-electron chi connectivity index (χ3n) is 1.90. The fourth-order valence-electron chi connectivity index (χ4n) is 0.959. The summed E-state index contributed by atoms with van der Waals surface area (Å²) in [6, 6.07) is 6.50. The van der Waals surface area contributed by atoms with E-state index in [1.54, 1.807) is 6.92 Å². The lowest BCUT2D eigenvalue weighted by Gasteiger charge is -1.98. The standard InChI is InChI=1S/C9H12.C3H6O2/c1-7-4-5-8(2)9(3)6-7;1-2-5-3-4/h4-6H,1-3H3;3H,2H2,1H3. The predicted octanol–water partition coefficient (Wildman–Crippen LogP) is 2.79. The van der Waals surface area contributed by atoms with Crippen LogP contribution in [-0.2, 0) is 9.53 Å². The number of aryl methyl sites for hydroxylation is 3. The second kappa shape index (κ2) is 7.13. The van der Waals surface area contributed by atoms with Crippen LogP contribution in [0.3, 0.4) is 0 Å². The monoisotopic (exact) mass is 194 g/mol. The van der Waals surface area contributed by atoms with Gasteiger partial charge in [-0.3, -0.25) is 4.79 Å². The smallest absolute Gasteiger partial charge is 0.293 e. The van der Waals surface area contributed by atoms with Gasteiger partial charge in [-0.05, 0) is 38.8 Å². The molecular formula is C12H18O2. The maximum absolute atomic E-state index is 9.18. The Morgan fingerprint density at radius 1 is 1.21 bits per heavy atom. The molecule has 0 saturated heterocycles. The van der Waals surface area contributed by atoms with Crippen LogP contribution in [0.25, 0.3) is 0 Å².